The Hall–Kier alpha value is -5.40. The minimum absolute atomic E-state index is 0.232. The highest BCUT2D eigenvalue weighted by Crippen LogP contribution is 2.39. The second kappa shape index (κ2) is 43.9. The van der Waals surface area contributed by atoms with E-state index in [-0.39, 0.29) is 23.1 Å². The van der Waals surface area contributed by atoms with Crippen LogP contribution in [0.5, 0.6) is 0 Å². The smallest absolute Gasteiger partial charge is 0.179 e. The first-order chi connectivity index (χ1) is 46.5. The molecule has 8 nitrogen and oxygen atoms in total. The van der Waals surface area contributed by atoms with Crippen molar-refractivity contribution in [3.05, 3.63) is 183 Å². The lowest BCUT2D eigenvalue weighted by atomic mass is 9.94. The van der Waals surface area contributed by atoms with Crippen molar-refractivity contribution in [2.75, 3.05) is 0 Å². The summed E-state index contributed by atoms with van der Waals surface area (Å²) in [5, 5.41) is 0. The molecule has 4 N–H and O–H groups in total. The van der Waals surface area contributed by atoms with E-state index in [2.05, 4.69) is 264 Å². The monoisotopic (exact) mass is 1560 g/mol. The van der Waals surface area contributed by atoms with Crippen molar-refractivity contribution in [2.24, 2.45) is 0 Å². The van der Waals surface area contributed by atoms with Crippen LogP contribution in [0.15, 0.2) is 115 Å². The average molecular weight is 1560 g/mol. The summed E-state index contributed by atoms with van der Waals surface area (Å²) in [5.41, 5.74) is 22.8. The van der Waals surface area contributed by atoms with Crippen molar-refractivity contribution in [1.29, 1.82) is 0 Å². The van der Waals surface area contributed by atoms with E-state index in [9.17, 15) is 19.2 Å². The van der Waals surface area contributed by atoms with Gasteiger partial charge in [0.25, 0.3) is 0 Å². The van der Waals surface area contributed by atoms with E-state index in [1.54, 1.807) is 0 Å². The number of unbranched alkanes of at least 4 members (excludes halogenated alkanes) is 4. The van der Waals surface area contributed by atoms with Crippen LogP contribution in [0.1, 0.15) is 298 Å². The van der Waals surface area contributed by atoms with Gasteiger partial charge in [0.15, 0.2) is 23.1 Å². The van der Waals surface area contributed by atoms with Gasteiger partial charge in [0, 0.05) is 88.6 Å². The number of aryl methyl sites for hydroxylation is 4. The van der Waals surface area contributed by atoms with Crippen LogP contribution < -0.4 is 0 Å². The third kappa shape index (κ3) is 23.4. The topological polar surface area (TPSA) is 131 Å². The summed E-state index contributed by atoms with van der Waals surface area (Å²) in [6, 6.07) is 33.3. The van der Waals surface area contributed by atoms with Gasteiger partial charge in [-0.3, -0.25) is 19.2 Å². The number of halogens is 4. The number of benzene rings is 4. The zero-order valence-electron chi connectivity index (χ0n) is 60.2. The van der Waals surface area contributed by atoms with Gasteiger partial charge in [-0.05, 0) is 196 Å². The quantitative estimate of drug-likeness (QED) is 0.0291. The summed E-state index contributed by atoms with van der Waals surface area (Å²) in [6.07, 6.45) is 27.7. The van der Waals surface area contributed by atoms with E-state index in [1.165, 1.54) is 45.0 Å². The van der Waals surface area contributed by atoms with Gasteiger partial charge in [0.1, 0.15) is 0 Å². The standard InChI is InChI=1S/4C21H28BrNO/c4*1-4-7-10-17-18(8-5-2)23-21(19(24)9-6-3)20(17)15-11-13-16(22)14-12-15/h4*11-14,23H,4-10H2,1-3H3. The molecule has 0 fully saturated rings. The molecule has 8 rings (SSSR count). The lowest BCUT2D eigenvalue weighted by molar-refractivity contribution is 0.0970. The van der Waals surface area contributed by atoms with Gasteiger partial charge in [-0.25, -0.2) is 0 Å². The molecule has 0 aliphatic heterocycles. The molecule has 0 unspecified atom stereocenters. The van der Waals surface area contributed by atoms with Gasteiger partial charge in [-0.15, -0.1) is 0 Å². The van der Waals surface area contributed by atoms with Crippen LogP contribution in [-0.4, -0.2) is 43.1 Å². The molecule has 0 aliphatic rings. The Kier molecular flexibility index (Phi) is 37.2. The van der Waals surface area contributed by atoms with Crippen LogP contribution in [-0.2, 0) is 51.4 Å². The van der Waals surface area contributed by atoms with Crippen LogP contribution >= 0.6 is 63.7 Å². The molecule has 4 heterocycles. The van der Waals surface area contributed by atoms with Crippen LogP contribution in [0.2, 0.25) is 0 Å². The first-order valence-corrected chi connectivity index (χ1v) is 39.8. The molecule has 0 radical (unpaired) electrons. The second-order valence-corrected chi connectivity index (χ2v) is 29.1. The van der Waals surface area contributed by atoms with Gasteiger partial charge in [-0.1, -0.05) is 247 Å². The van der Waals surface area contributed by atoms with Gasteiger partial charge in [0.2, 0.25) is 0 Å². The fraction of sp³-hybridized carbons (Fsp3) is 0.476. The zero-order chi connectivity index (χ0) is 70.1. The molecule has 0 atom stereocenters. The Morgan fingerprint density at radius 2 is 0.427 bits per heavy atom. The normalized spacial score (nSPS) is 11.0. The predicted octanol–water partition coefficient (Wildman–Crippen LogP) is 26.9. The lowest BCUT2D eigenvalue weighted by Crippen LogP contribution is -2.01. The maximum atomic E-state index is 12.7. The maximum absolute atomic E-state index is 12.7. The molecular formula is C84H112Br4N4O4. The number of ketones is 4. The van der Waals surface area contributed by atoms with E-state index < -0.39 is 0 Å². The summed E-state index contributed by atoms with van der Waals surface area (Å²) >= 11 is 14.0. The Morgan fingerprint density at radius 1 is 0.250 bits per heavy atom. The molecule has 0 saturated carbocycles. The van der Waals surface area contributed by atoms with Crippen molar-refractivity contribution in [3.8, 4) is 44.5 Å². The number of carbonyl (C=O) groups is 4. The van der Waals surface area contributed by atoms with Gasteiger partial charge in [0.05, 0.1) is 22.8 Å². The molecule has 12 heteroatoms. The highest BCUT2D eigenvalue weighted by molar-refractivity contribution is 9.11. The van der Waals surface area contributed by atoms with E-state index in [0.717, 1.165) is 239 Å². The molecule has 8 aromatic rings. The van der Waals surface area contributed by atoms with Crippen LogP contribution in [0.4, 0.5) is 0 Å². The number of Topliss-reactive ketones (excluding diaryl/α,β-unsaturated/α-hetero) is 4. The van der Waals surface area contributed by atoms with Crippen molar-refractivity contribution < 1.29 is 19.2 Å². The van der Waals surface area contributed by atoms with Crippen molar-refractivity contribution in [3.63, 3.8) is 0 Å². The maximum Gasteiger partial charge on any atom is 0.179 e. The summed E-state index contributed by atoms with van der Waals surface area (Å²) in [4.78, 5) is 64.8. The summed E-state index contributed by atoms with van der Waals surface area (Å²) in [7, 11) is 0. The molecule has 0 saturated heterocycles. The van der Waals surface area contributed by atoms with Gasteiger partial charge >= 0.3 is 0 Å². The predicted molar refractivity (Wildman–Crippen MR) is 423 cm³/mol. The molecule has 96 heavy (non-hydrogen) atoms. The van der Waals surface area contributed by atoms with E-state index >= 15 is 0 Å². The van der Waals surface area contributed by atoms with Crippen LogP contribution in [0, 0.1) is 0 Å². The van der Waals surface area contributed by atoms with Gasteiger partial charge < -0.3 is 19.9 Å². The first kappa shape index (κ1) is 81.3. The van der Waals surface area contributed by atoms with Crippen molar-refractivity contribution >= 4 is 86.9 Å². The van der Waals surface area contributed by atoms with Crippen LogP contribution in [0.3, 0.4) is 0 Å². The second-order valence-electron chi connectivity index (χ2n) is 25.5. The third-order valence-corrected chi connectivity index (χ3v) is 19.6. The molecule has 0 spiro atoms. The summed E-state index contributed by atoms with van der Waals surface area (Å²) in [5.74, 6) is 0.928. The van der Waals surface area contributed by atoms with E-state index in [0.29, 0.717) is 25.7 Å². The SMILES string of the molecule is CCCCc1c(CCC)[nH]c(C(=O)CCC)c1-c1ccc(Br)cc1.CCCCc1c(CCC)[nH]c(C(=O)CCC)c1-c1ccc(Br)cc1.CCCCc1c(CCC)[nH]c(C(=O)CCC)c1-c1ccc(Br)cc1.CCCCc1c(CCC)[nH]c(C(=O)CCC)c1-c1ccc(Br)cc1. The van der Waals surface area contributed by atoms with Crippen molar-refractivity contribution in [2.45, 2.75) is 263 Å². The van der Waals surface area contributed by atoms with Gasteiger partial charge in [-0.2, -0.15) is 0 Å². The highest BCUT2D eigenvalue weighted by atomic mass is 79.9. The zero-order valence-corrected chi connectivity index (χ0v) is 66.5. The summed E-state index contributed by atoms with van der Waals surface area (Å²) < 4.78 is 4.25. The highest BCUT2D eigenvalue weighted by Gasteiger charge is 2.27. The number of rotatable bonds is 36. The number of aromatic amines is 4. The molecule has 0 bridgehead atoms. The van der Waals surface area contributed by atoms with E-state index in [1.807, 2.05) is 0 Å². The number of hydrogen-bond donors (Lipinski definition) is 4. The van der Waals surface area contributed by atoms with E-state index in [4.69, 9.17) is 0 Å². The Bertz CT molecular complexity index is 3160. The number of aromatic nitrogens is 4. The summed E-state index contributed by atoms with van der Waals surface area (Å²) in [6.45, 7) is 25.9. The number of hydrogen-bond acceptors (Lipinski definition) is 4. The number of nitrogens with one attached hydrogen (secondary N) is 4. The molecule has 0 amide bonds. The van der Waals surface area contributed by atoms with Crippen molar-refractivity contribution in [1.82, 2.24) is 19.9 Å². The largest absolute Gasteiger partial charge is 0.355 e. The molecule has 4 aromatic heterocycles. The average Bonchev–Trinajstić information content (AvgIpc) is 1.66. The molecule has 0 aliphatic carbocycles. The fourth-order valence-electron chi connectivity index (χ4n) is 12.7. The molecule has 520 valence electrons. The van der Waals surface area contributed by atoms with Crippen LogP contribution in [0.25, 0.3) is 44.5 Å². The Balaban J connectivity index is 0.000000231. The lowest BCUT2D eigenvalue weighted by Gasteiger charge is -2.09. The Morgan fingerprint density at radius 3 is 0.573 bits per heavy atom. The molecular weight excluding hydrogens is 1450 g/mol. The number of carbonyl (C=O) groups excluding carboxylic acids is 4. The minimum Gasteiger partial charge on any atom is -0.355 e. The number of H-pyrrole nitrogens is 4. The first-order valence-electron chi connectivity index (χ1n) is 36.6. The fourth-order valence-corrected chi connectivity index (χ4v) is 13.8. The molecule has 4 aromatic carbocycles. The minimum atomic E-state index is 0.232. The third-order valence-electron chi connectivity index (χ3n) is 17.4. The Labute approximate surface area is 611 Å².